The molecule has 0 aliphatic carbocycles. The number of halogens is 3. The van der Waals surface area contributed by atoms with Crippen molar-refractivity contribution in [3.63, 3.8) is 0 Å². The number of aryl methyl sites for hydroxylation is 1. The lowest BCUT2D eigenvalue weighted by molar-refractivity contribution is -0.137. The lowest BCUT2D eigenvalue weighted by Crippen LogP contribution is -2.04. The zero-order valence-corrected chi connectivity index (χ0v) is 15.5. The Kier molecular flexibility index (Phi) is 5.15. The largest absolute Gasteiger partial charge is 0.462 e. The van der Waals surface area contributed by atoms with E-state index in [1.807, 2.05) is 0 Å². The quantitative estimate of drug-likeness (QED) is 0.504. The molecule has 0 bridgehead atoms. The van der Waals surface area contributed by atoms with Gasteiger partial charge in [-0.3, -0.25) is 0 Å². The average molecular weight is 397 g/mol. The Hall–Kier alpha value is -2.19. The van der Waals surface area contributed by atoms with Crippen molar-refractivity contribution in [2.24, 2.45) is 0 Å². The van der Waals surface area contributed by atoms with Crippen molar-refractivity contribution in [2.75, 3.05) is 6.61 Å². The summed E-state index contributed by atoms with van der Waals surface area (Å²) in [5, 5.41) is 0.647. The van der Waals surface area contributed by atoms with Crippen molar-refractivity contribution < 1.29 is 22.7 Å². The maximum atomic E-state index is 12.9. The molecule has 0 unspecified atom stereocenters. The second-order valence-electron chi connectivity index (χ2n) is 5.40. The third-order valence-corrected chi connectivity index (χ3v) is 5.99. The number of hydrogen-bond acceptors (Lipinski definition) is 5. The van der Waals surface area contributed by atoms with E-state index in [1.165, 1.54) is 28.7 Å². The maximum absolute atomic E-state index is 12.9. The molecule has 3 aromatic rings. The van der Waals surface area contributed by atoms with Gasteiger partial charge in [0.15, 0.2) is 0 Å². The summed E-state index contributed by atoms with van der Waals surface area (Å²) in [7, 11) is 0. The summed E-state index contributed by atoms with van der Waals surface area (Å²) >= 11 is 2.56. The molecule has 0 amide bonds. The number of esters is 1. The van der Waals surface area contributed by atoms with Crippen molar-refractivity contribution in [1.29, 1.82) is 0 Å². The molecule has 3 nitrogen and oxygen atoms in total. The first-order chi connectivity index (χ1) is 12.3. The van der Waals surface area contributed by atoms with Gasteiger partial charge in [-0.25, -0.2) is 9.78 Å². The number of aromatic nitrogens is 1. The third kappa shape index (κ3) is 3.81. The van der Waals surface area contributed by atoms with E-state index in [4.69, 9.17) is 4.74 Å². The van der Waals surface area contributed by atoms with Crippen LogP contribution in [0.3, 0.4) is 0 Å². The number of alkyl halides is 3. The SMILES string of the molecule is CCOC(=O)c1sc(-c2ccc(-c3cccc(C(F)(F)F)c3)s2)nc1C. The zero-order chi connectivity index (χ0) is 18.9. The normalized spacial score (nSPS) is 11.6. The van der Waals surface area contributed by atoms with Crippen LogP contribution in [0.25, 0.3) is 20.3 Å². The van der Waals surface area contributed by atoms with Crippen LogP contribution in [0.1, 0.15) is 27.9 Å². The Morgan fingerprint density at radius 3 is 2.58 bits per heavy atom. The number of thiophene rings is 1. The second-order valence-corrected chi connectivity index (χ2v) is 7.48. The summed E-state index contributed by atoms with van der Waals surface area (Å²) in [4.78, 5) is 18.2. The van der Waals surface area contributed by atoms with Gasteiger partial charge in [-0.15, -0.1) is 22.7 Å². The standard InChI is InChI=1S/C18H14F3NO2S2/c1-3-24-17(23)15-10(2)22-16(26-15)14-8-7-13(25-14)11-5-4-6-12(9-11)18(19,20)21/h4-9H,3H2,1-2H3. The number of rotatable bonds is 4. The fourth-order valence-corrected chi connectivity index (χ4v) is 4.36. The first-order valence-electron chi connectivity index (χ1n) is 7.72. The van der Waals surface area contributed by atoms with Crippen LogP contribution in [-0.2, 0) is 10.9 Å². The number of ether oxygens (including phenoxy) is 1. The Bertz CT molecular complexity index is 944. The summed E-state index contributed by atoms with van der Waals surface area (Å²) < 4.78 is 43.7. The molecule has 0 radical (unpaired) electrons. The Morgan fingerprint density at radius 2 is 1.88 bits per heavy atom. The van der Waals surface area contributed by atoms with Crippen LogP contribution in [0.5, 0.6) is 0 Å². The first kappa shape index (κ1) is 18.6. The van der Waals surface area contributed by atoms with Gasteiger partial charge in [-0.2, -0.15) is 13.2 Å². The highest BCUT2D eigenvalue weighted by atomic mass is 32.1. The van der Waals surface area contributed by atoms with Crippen molar-refractivity contribution in [3.05, 3.63) is 52.5 Å². The summed E-state index contributed by atoms with van der Waals surface area (Å²) in [6, 6.07) is 8.77. The molecule has 0 spiro atoms. The van der Waals surface area contributed by atoms with Crippen LogP contribution in [0.15, 0.2) is 36.4 Å². The highest BCUT2D eigenvalue weighted by Gasteiger charge is 2.30. The average Bonchev–Trinajstić information content (AvgIpc) is 3.21. The molecule has 0 atom stereocenters. The highest BCUT2D eigenvalue weighted by molar-refractivity contribution is 7.24. The minimum absolute atomic E-state index is 0.282. The number of nitrogens with zero attached hydrogens (tertiary/aromatic N) is 1. The molecule has 0 saturated carbocycles. The van der Waals surface area contributed by atoms with Crippen LogP contribution in [-0.4, -0.2) is 17.6 Å². The topological polar surface area (TPSA) is 39.2 Å². The van der Waals surface area contributed by atoms with E-state index in [0.29, 0.717) is 26.0 Å². The minimum Gasteiger partial charge on any atom is -0.462 e. The zero-order valence-electron chi connectivity index (χ0n) is 13.9. The van der Waals surface area contributed by atoms with Crippen LogP contribution >= 0.6 is 22.7 Å². The van der Waals surface area contributed by atoms with Gasteiger partial charge in [0, 0.05) is 4.88 Å². The van der Waals surface area contributed by atoms with Crippen molar-refractivity contribution in [2.45, 2.75) is 20.0 Å². The first-order valence-corrected chi connectivity index (χ1v) is 9.35. The van der Waals surface area contributed by atoms with E-state index in [9.17, 15) is 18.0 Å². The predicted molar refractivity (Wildman–Crippen MR) is 96.6 cm³/mol. The summed E-state index contributed by atoms with van der Waals surface area (Å²) in [5.74, 6) is -0.414. The maximum Gasteiger partial charge on any atom is 0.416 e. The van der Waals surface area contributed by atoms with E-state index >= 15 is 0 Å². The van der Waals surface area contributed by atoms with Crippen LogP contribution < -0.4 is 0 Å². The Labute approximate surface area is 156 Å². The molecule has 8 heteroatoms. The summed E-state index contributed by atoms with van der Waals surface area (Å²) in [6.45, 7) is 3.74. The van der Waals surface area contributed by atoms with Crippen LogP contribution in [0, 0.1) is 6.92 Å². The Balaban J connectivity index is 1.92. The molecule has 0 saturated heterocycles. The van der Waals surface area contributed by atoms with Gasteiger partial charge in [-0.05, 0) is 43.7 Å². The van der Waals surface area contributed by atoms with Gasteiger partial charge in [0.05, 0.1) is 22.7 Å². The van der Waals surface area contributed by atoms with Gasteiger partial charge in [0.25, 0.3) is 0 Å². The molecule has 0 aliphatic rings. The molecule has 136 valence electrons. The van der Waals surface area contributed by atoms with Gasteiger partial charge in [0.2, 0.25) is 0 Å². The third-order valence-electron chi connectivity index (χ3n) is 3.55. The van der Waals surface area contributed by atoms with Crippen molar-refractivity contribution >= 4 is 28.6 Å². The molecule has 0 aliphatic heterocycles. The number of hydrogen-bond donors (Lipinski definition) is 0. The van der Waals surface area contributed by atoms with Gasteiger partial charge < -0.3 is 4.74 Å². The smallest absolute Gasteiger partial charge is 0.416 e. The summed E-state index contributed by atoms with van der Waals surface area (Å²) in [6.07, 6.45) is -4.38. The monoisotopic (exact) mass is 397 g/mol. The molecular weight excluding hydrogens is 383 g/mol. The number of carbonyl (C=O) groups excluding carboxylic acids is 1. The Morgan fingerprint density at radius 1 is 1.15 bits per heavy atom. The minimum atomic E-state index is -4.38. The van der Waals surface area contributed by atoms with E-state index in [1.54, 1.807) is 32.0 Å². The molecule has 2 aromatic heterocycles. The lowest BCUT2D eigenvalue weighted by atomic mass is 10.1. The number of benzene rings is 1. The lowest BCUT2D eigenvalue weighted by Gasteiger charge is -2.07. The van der Waals surface area contributed by atoms with E-state index in [0.717, 1.165) is 17.0 Å². The highest BCUT2D eigenvalue weighted by Crippen LogP contribution is 2.39. The van der Waals surface area contributed by atoms with Crippen LogP contribution in [0.4, 0.5) is 13.2 Å². The van der Waals surface area contributed by atoms with E-state index < -0.39 is 17.7 Å². The van der Waals surface area contributed by atoms with Crippen LogP contribution in [0.2, 0.25) is 0 Å². The molecular formula is C18H14F3NO2S2. The number of thiazole rings is 1. The van der Waals surface area contributed by atoms with Gasteiger partial charge in [-0.1, -0.05) is 12.1 Å². The molecule has 0 fully saturated rings. The molecule has 0 N–H and O–H groups in total. The fraction of sp³-hybridized carbons (Fsp3) is 0.222. The predicted octanol–water partition coefficient (Wildman–Crippen LogP) is 6.04. The van der Waals surface area contributed by atoms with Gasteiger partial charge >= 0.3 is 12.1 Å². The van der Waals surface area contributed by atoms with E-state index in [-0.39, 0.29) is 6.61 Å². The second kappa shape index (κ2) is 7.20. The molecule has 3 rings (SSSR count). The number of carbonyl (C=O) groups is 1. The van der Waals surface area contributed by atoms with Gasteiger partial charge in [0.1, 0.15) is 9.88 Å². The van der Waals surface area contributed by atoms with E-state index in [2.05, 4.69) is 4.98 Å². The molecule has 2 heterocycles. The van der Waals surface area contributed by atoms with Crippen molar-refractivity contribution in [1.82, 2.24) is 4.98 Å². The molecule has 26 heavy (non-hydrogen) atoms. The van der Waals surface area contributed by atoms with Crippen molar-refractivity contribution in [3.8, 4) is 20.3 Å². The molecule has 1 aromatic carbocycles. The summed E-state index contributed by atoms with van der Waals surface area (Å²) in [5.41, 5.74) is 0.395. The fourth-order valence-electron chi connectivity index (χ4n) is 2.34.